The first-order valence-corrected chi connectivity index (χ1v) is 4.68. The minimum Gasteiger partial charge on any atom is -0.481 e. The molecule has 0 aromatic heterocycles. The van der Waals surface area contributed by atoms with Gasteiger partial charge in [0.25, 0.3) is 0 Å². The van der Waals surface area contributed by atoms with E-state index in [2.05, 4.69) is 0 Å². The predicted molar refractivity (Wildman–Crippen MR) is 56.5 cm³/mol. The molecule has 0 atom stereocenters. The topological polar surface area (TPSA) is 37.3 Å². The van der Waals surface area contributed by atoms with Crippen molar-refractivity contribution >= 4 is 17.6 Å². The fourth-order valence-electron chi connectivity index (χ4n) is 1.06. The minimum atomic E-state index is -0.819. The summed E-state index contributed by atoms with van der Waals surface area (Å²) in [6, 6.07) is 7.52. The van der Waals surface area contributed by atoms with Gasteiger partial charge in [-0.2, -0.15) is 0 Å². The summed E-state index contributed by atoms with van der Waals surface area (Å²) in [6.45, 7) is 0. The molecule has 0 bridgehead atoms. The quantitative estimate of drug-likeness (QED) is 0.776. The predicted octanol–water partition coefficient (Wildman–Crippen LogP) is 2.91. The van der Waals surface area contributed by atoms with Crippen LogP contribution in [0.15, 0.2) is 36.4 Å². The molecule has 1 N–H and O–H groups in total. The summed E-state index contributed by atoms with van der Waals surface area (Å²) in [4.78, 5) is 10.2. The molecule has 0 heterocycles. The molecule has 3 heteroatoms. The summed E-state index contributed by atoms with van der Waals surface area (Å²) >= 11 is 5.92. The van der Waals surface area contributed by atoms with E-state index in [0.717, 1.165) is 5.56 Å². The van der Waals surface area contributed by atoms with E-state index in [9.17, 15) is 4.79 Å². The molecular formula is C11H11ClO2. The largest absolute Gasteiger partial charge is 0.481 e. The molecule has 0 aliphatic heterocycles. The van der Waals surface area contributed by atoms with Gasteiger partial charge in [0.05, 0.1) is 6.42 Å². The zero-order chi connectivity index (χ0) is 10.4. The third-order valence-electron chi connectivity index (χ3n) is 1.75. The van der Waals surface area contributed by atoms with Gasteiger partial charge in [-0.1, -0.05) is 42.0 Å². The number of hydrogen-bond donors (Lipinski definition) is 1. The Labute approximate surface area is 87.8 Å². The number of rotatable bonds is 4. The van der Waals surface area contributed by atoms with E-state index in [0.29, 0.717) is 11.4 Å². The van der Waals surface area contributed by atoms with Crippen molar-refractivity contribution < 1.29 is 9.90 Å². The van der Waals surface area contributed by atoms with Gasteiger partial charge >= 0.3 is 5.97 Å². The Balaban J connectivity index is 2.49. The van der Waals surface area contributed by atoms with Crippen molar-refractivity contribution in [1.29, 1.82) is 0 Å². The fourth-order valence-corrected chi connectivity index (χ4v) is 1.27. The van der Waals surface area contributed by atoms with Crippen LogP contribution in [0.1, 0.15) is 12.0 Å². The van der Waals surface area contributed by atoms with E-state index < -0.39 is 5.97 Å². The smallest absolute Gasteiger partial charge is 0.307 e. The minimum absolute atomic E-state index is 0.0600. The summed E-state index contributed by atoms with van der Waals surface area (Å²) in [5.41, 5.74) is 1.01. The number of carboxylic acids is 1. The lowest BCUT2D eigenvalue weighted by atomic mass is 10.1. The molecule has 0 spiro atoms. The zero-order valence-corrected chi connectivity index (χ0v) is 8.37. The molecule has 0 saturated heterocycles. The monoisotopic (exact) mass is 210 g/mol. The lowest BCUT2D eigenvalue weighted by molar-refractivity contribution is -0.136. The summed E-state index contributed by atoms with van der Waals surface area (Å²) in [5.74, 6) is -0.819. The molecule has 2 nitrogen and oxygen atoms in total. The van der Waals surface area contributed by atoms with Gasteiger partial charge < -0.3 is 5.11 Å². The Morgan fingerprint density at radius 2 is 2.07 bits per heavy atom. The Hall–Kier alpha value is -1.28. The molecule has 0 fully saturated rings. The van der Waals surface area contributed by atoms with Crippen molar-refractivity contribution in [3.63, 3.8) is 0 Å². The number of carbonyl (C=O) groups is 1. The van der Waals surface area contributed by atoms with Crippen molar-refractivity contribution in [1.82, 2.24) is 0 Å². The van der Waals surface area contributed by atoms with Crippen LogP contribution >= 0.6 is 11.6 Å². The molecule has 0 amide bonds. The van der Waals surface area contributed by atoms with Crippen molar-refractivity contribution in [2.75, 3.05) is 0 Å². The molecular weight excluding hydrogens is 200 g/mol. The number of benzene rings is 1. The second-order valence-corrected chi connectivity index (χ2v) is 3.27. The van der Waals surface area contributed by atoms with Crippen molar-refractivity contribution in [3.8, 4) is 0 Å². The highest BCUT2D eigenvalue weighted by Crippen LogP contribution is 2.15. The van der Waals surface area contributed by atoms with Crippen LogP contribution in [0.5, 0.6) is 0 Å². The van der Waals surface area contributed by atoms with Crippen LogP contribution in [0.4, 0.5) is 0 Å². The van der Waals surface area contributed by atoms with Gasteiger partial charge in [-0.3, -0.25) is 4.79 Å². The Kier molecular flexibility index (Phi) is 4.20. The molecule has 0 aliphatic carbocycles. The number of aliphatic carboxylic acids is 1. The van der Waals surface area contributed by atoms with Crippen LogP contribution in [-0.2, 0) is 11.2 Å². The number of hydrogen-bond acceptors (Lipinski definition) is 1. The van der Waals surface area contributed by atoms with Crippen LogP contribution in [0, 0.1) is 0 Å². The van der Waals surface area contributed by atoms with Crippen LogP contribution in [0.2, 0.25) is 5.02 Å². The standard InChI is InChI=1S/C11H11ClO2/c12-10-7-3-1-5-9(10)6-2-4-8-11(13)14/h1-5,7H,6,8H2,(H,13,14). The number of allylic oxidation sites excluding steroid dienone is 1. The van der Waals surface area contributed by atoms with Gasteiger partial charge in [-0.05, 0) is 18.1 Å². The molecule has 0 aliphatic rings. The highest BCUT2D eigenvalue weighted by molar-refractivity contribution is 6.31. The highest BCUT2D eigenvalue weighted by atomic mass is 35.5. The third kappa shape index (κ3) is 3.62. The first kappa shape index (κ1) is 10.8. The van der Waals surface area contributed by atoms with E-state index in [-0.39, 0.29) is 6.42 Å². The van der Waals surface area contributed by atoms with Gasteiger partial charge in [0, 0.05) is 5.02 Å². The van der Waals surface area contributed by atoms with E-state index >= 15 is 0 Å². The van der Waals surface area contributed by atoms with Crippen LogP contribution in [0.25, 0.3) is 0 Å². The molecule has 0 radical (unpaired) electrons. The third-order valence-corrected chi connectivity index (χ3v) is 2.12. The second-order valence-electron chi connectivity index (χ2n) is 2.86. The maximum absolute atomic E-state index is 10.2. The lowest BCUT2D eigenvalue weighted by Gasteiger charge is -1.98. The van der Waals surface area contributed by atoms with Crippen LogP contribution in [-0.4, -0.2) is 11.1 Å². The second kappa shape index (κ2) is 5.45. The Bertz CT molecular complexity index is 345. The average molecular weight is 211 g/mol. The molecule has 1 rings (SSSR count). The van der Waals surface area contributed by atoms with Gasteiger partial charge in [-0.25, -0.2) is 0 Å². The van der Waals surface area contributed by atoms with Gasteiger partial charge in [0.2, 0.25) is 0 Å². The van der Waals surface area contributed by atoms with Gasteiger partial charge in [0.15, 0.2) is 0 Å². The van der Waals surface area contributed by atoms with Crippen LogP contribution < -0.4 is 0 Å². The van der Waals surface area contributed by atoms with Crippen molar-refractivity contribution in [2.24, 2.45) is 0 Å². The average Bonchev–Trinajstić information content (AvgIpc) is 2.15. The summed E-state index contributed by atoms with van der Waals surface area (Å²) in [5, 5.41) is 9.10. The number of halogens is 1. The normalized spacial score (nSPS) is 10.6. The molecule has 74 valence electrons. The maximum Gasteiger partial charge on any atom is 0.307 e. The van der Waals surface area contributed by atoms with E-state index in [1.807, 2.05) is 30.3 Å². The first-order chi connectivity index (χ1) is 6.70. The molecule has 0 saturated carbocycles. The Morgan fingerprint density at radius 3 is 2.71 bits per heavy atom. The SMILES string of the molecule is O=C(O)CC=CCc1ccccc1Cl. The summed E-state index contributed by atoms with van der Waals surface area (Å²) in [6.07, 6.45) is 4.18. The molecule has 1 aromatic rings. The van der Waals surface area contributed by atoms with Crippen LogP contribution in [0.3, 0.4) is 0 Å². The van der Waals surface area contributed by atoms with Gasteiger partial charge in [0.1, 0.15) is 0 Å². The molecule has 1 aromatic carbocycles. The summed E-state index contributed by atoms with van der Waals surface area (Å²) < 4.78 is 0. The Morgan fingerprint density at radius 1 is 1.36 bits per heavy atom. The molecule has 0 unspecified atom stereocenters. The van der Waals surface area contributed by atoms with E-state index in [1.165, 1.54) is 0 Å². The number of carboxylic acid groups (broad SMARTS) is 1. The lowest BCUT2D eigenvalue weighted by Crippen LogP contribution is -1.90. The summed E-state index contributed by atoms with van der Waals surface area (Å²) in [7, 11) is 0. The fraction of sp³-hybridized carbons (Fsp3) is 0.182. The van der Waals surface area contributed by atoms with Gasteiger partial charge in [-0.15, -0.1) is 0 Å². The highest BCUT2D eigenvalue weighted by Gasteiger charge is 1.95. The zero-order valence-electron chi connectivity index (χ0n) is 7.61. The van der Waals surface area contributed by atoms with E-state index in [1.54, 1.807) is 6.08 Å². The maximum atomic E-state index is 10.2. The van der Waals surface area contributed by atoms with E-state index in [4.69, 9.17) is 16.7 Å². The first-order valence-electron chi connectivity index (χ1n) is 4.30. The van der Waals surface area contributed by atoms with Crippen molar-refractivity contribution in [3.05, 3.63) is 47.0 Å². The van der Waals surface area contributed by atoms with Crippen molar-refractivity contribution in [2.45, 2.75) is 12.8 Å². The molecule has 14 heavy (non-hydrogen) atoms.